The summed E-state index contributed by atoms with van der Waals surface area (Å²) in [5.74, 6) is -1.99. The van der Waals surface area contributed by atoms with E-state index in [1.807, 2.05) is 0 Å². The lowest BCUT2D eigenvalue weighted by Crippen LogP contribution is -2.41. The number of rotatable bonds is 5. The van der Waals surface area contributed by atoms with Gasteiger partial charge >= 0.3 is 6.18 Å². The Hall–Kier alpha value is -2.66. The number of alkyl halides is 3. The quantitative estimate of drug-likeness (QED) is 0.659. The van der Waals surface area contributed by atoms with E-state index in [1.54, 1.807) is 13.0 Å². The number of anilines is 1. The van der Waals surface area contributed by atoms with Crippen molar-refractivity contribution < 1.29 is 35.5 Å². The molecule has 3 rings (SSSR count). The number of methoxy groups -OCH3 is 1. The average Bonchev–Trinajstić information content (AvgIpc) is 2.74. The molecule has 1 N–H and O–H groups in total. The Morgan fingerprint density at radius 3 is 2.34 bits per heavy atom. The van der Waals surface area contributed by atoms with Crippen LogP contribution in [0.15, 0.2) is 41.3 Å². The van der Waals surface area contributed by atoms with Crippen LogP contribution < -0.4 is 10.1 Å². The summed E-state index contributed by atoms with van der Waals surface area (Å²) in [7, 11) is -2.28. The Bertz CT molecular complexity index is 1110. The number of hydrogen-bond acceptors (Lipinski definition) is 4. The Labute approximate surface area is 183 Å². The molecule has 2 aromatic carbocycles. The molecular formula is C21H22F4N2O4S. The molecule has 1 aliphatic rings. The second-order valence-corrected chi connectivity index (χ2v) is 9.43. The van der Waals surface area contributed by atoms with Crippen molar-refractivity contribution in [2.24, 2.45) is 5.92 Å². The number of carbonyl (C=O) groups is 1. The zero-order valence-corrected chi connectivity index (χ0v) is 18.2. The van der Waals surface area contributed by atoms with Crippen LogP contribution in [0.2, 0.25) is 0 Å². The van der Waals surface area contributed by atoms with Gasteiger partial charge < -0.3 is 10.1 Å². The van der Waals surface area contributed by atoms with Crippen molar-refractivity contribution in [3.05, 3.63) is 53.3 Å². The van der Waals surface area contributed by atoms with Crippen LogP contribution in [-0.4, -0.2) is 38.8 Å². The molecule has 1 amide bonds. The molecule has 1 saturated heterocycles. The van der Waals surface area contributed by atoms with Crippen molar-refractivity contribution >= 4 is 21.6 Å². The summed E-state index contributed by atoms with van der Waals surface area (Å²) in [4.78, 5) is 12.6. The van der Waals surface area contributed by atoms with Crippen LogP contribution in [0.1, 0.15) is 24.0 Å². The Kier molecular flexibility index (Phi) is 6.80. The fraction of sp³-hybridized carbons (Fsp3) is 0.381. The molecule has 0 unspecified atom stereocenters. The maximum atomic E-state index is 13.4. The predicted molar refractivity (Wildman–Crippen MR) is 109 cm³/mol. The summed E-state index contributed by atoms with van der Waals surface area (Å²) in [5.41, 5.74) is -0.973. The van der Waals surface area contributed by atoms with Crippen molar-refractivity contribution in [1.29, 1.82) is 0 Å². The first-order valence-corrected chi connectivity index (χ1v) is 11.2. The van der Waals surface area contributed by atoms with Gasteiger partial charge in [0, 0.05) is 24.7 Å². The number of benzene rings is 2. The highest BCUT2D eigenvalue weighted by Gasteiger charge is 2.35. The summed E-state index contributed by atoms with van der Waals surface area (Å²) in [5, 5.41) is 2.37. The number of ether oxygens (including phenoxy) is 1. The summed E-state index contributed by atoms with van der Waals surface area (Å²) in [6.07, 6.45) is -4.48. The fourth-order valence-corrected chi connectivity index (χ4v) is 5.14. The first-order valence-electron chi connectivity index (χ1n) is 9.76. The van der Waals surface area contributed by atoms with E-state index in [2.05, 4.69) is 5.32 Å². The SMILES string of the molecule is COc1ccc(S(=O)(=O)N2CCC(C(=O)Nc3ccc(F)c(C(F)(F)F)c3)CC2)cc1C. The van der Waals surface area contributed by atoms with Crippen LogP contribution in [0.3, 0.4) is 0 Å². The van der Waals surface area contributed by atoms with Gasteiger partial charge in [0.15, 0.2) is 0 Å². The lowest BCUT2D eigenvalue weighted by atomic mass is 9.97. The molecule has 6 nitrogen and oxygen atoms in total. The lowest BCUT2D eigenvalue weighted by Gasteiger charge is -2.30. The minimum absolute atomic E-state index is 0.0860. The van der Waals surface area contributed by atoms with E-state index in [0.29, 0.717) is 23.4 Å². The summed E-state index contributed by atoms with van der Waals surface area (Å²) in [6.45, 7) is 1.90. The van der Waals surface area contributed by atoms with Crippen LogP contribution >= 0.6 is 0 Å². The van der Waals surface area contributed by atoms with E-state index >= 15 is 0 Å². The van der Waals surface area contributed by atoms with E-state index in [4.69, 9.17) is 4.74 Å². The third-order valence-corrected chi connectivity index (χ3v) is 7.26. The van der Waals surface area contributed by atoms with Gasteiger partial charge in [-0.25, -0.2) is 12.8 Å². The van der Waals surface area contributed by atoms with E-state index < -0.39 is 39.4 Å². The third kappa shape index (κ3) is 5.04. The van der Waals surface area contributed by atoms with E-state index in [1.165, 1.54) is 23.5 Å². The number of aryl methyl sites for hydroxylation is 1. The normalized spacial score (nSPS) is 16.1. The number of piperidine rings is 1. The zero-order valence-electron chi connectivity index (χ0n) is 17.4. The van der Waals surface area contributed by atoms with Gasteiger partial charge in [0.05, 0.1) is 17.6 Å². The summed E-state index contributed by atoms with van der Waals surface area (Å²) >= 11 is 0. The molecule has 11 heteroatoms. The number of sulfonamides is 1. The highest BCUT2D eigenvalue weighted by molar-refractivity contribution is 7.89. The number of nitrogens with one attached hydrogen (secondary N) is 1. The van der Waals surface area contributed by atoms with Crippen LogP contribution in [0.5, 0.6) is 5.75 Å². The van der Waals surface area contributed by atoms with Gasteiger partial charge in [0.25, 0.3) is 0 Å². The maximum Gasteiger partial charge on any atom is 0.419 e. The standard InChI is InChI=1S/C21H22F4N2O4S/c1-13-11-16(4-6-19(13)31-2)32(29,30)27-9-7-14(8-10-27)20(28)26-15-3-5-18(22)17(12-15)21(23,24)25/h3-6,11-12,14H,7-10H2,1-2H3,(H,26,28). The van der Waals surface area contributed by atoms with Gasteiger partial charge in [-0.05, 0) is 61.7 Å². The van der Waals surface area contributed by atoms with Gasteiger partial charge in [0.2, 0.25) is 15.9 Å². The van der Waals surface area contributed by atoms with Crippen molar-refractivity contribution in [3.63, 3.8) is 0 Å². The van der Waals surface area contributed by atoms with Gasteiger partial charge in [-0.2, -0.15) is 17.5 Å². The molecule has 0 spiro atoms. The summed E-state index contributed by atoms with van der Waals surface area (Å²) < 4.78 is 84.2. The van der Waals surface area contributed by atoms with Crippen molar-refractivity contribution in [2.75, 3.05) is 25.5 Å². The molecule has 174 valence electrons. The minimum atomic E-state index is -4.88. The molecule has 0 saturated carbocycles. The number of nitrogens with zero attached hydrogens (tertiary/aromatic N) is 1. The highest BCUT2D eigenvalue weighted by atomic mass is 32.2. The van der Waals surface area contributed by atoms with E-state index in [-0.39, 0.29) is 36.5 Å². The van der Waals surface area contributed by atoms with E-state index in [0.717, 1.165) is 6.07 Å². The smallest absolute Gasteiger partial charge is 0.419 e. The second kappa shape index (κ2) is 9.07. The largest absolute Gasteiger partial charge is 0.496 e. The van der Waals surface area contributed by atoms with Gasteiger partial charge in [-0.3, -0.25) is 4.79 Å². The molecule has 0 aliphatic carbocycles. The van der Waals surface area contributed by atoms with Gasteiger partial charge in [0.1, 0.15) is 11.6 Å². The predicted octanol–water partition coefficient (Wildman–Crippen LogP) is 4.20. The van der Waals surface area contributed by atoms with Crippen molar-refractivity contribution in [1.82, 2.24) is 4.31 Å². The number of carbonyl (C=O) groups excluding carboxylic acids is 1. The van der Waals surface area contributed by atoms with Gasteiger partial charge in [-0.15, -0.1) is 0 Å². The molecule has 1 aliphatic heterocycles. The molecule has 0 aromatic heterocycles. The molecular weight excluding hydrogens is 452 g/mol. The van der Waals surface area contributed by atoms with Crippen LogP contribution in [0.25, 0.3) is 0 Å². The molecule has 2 aromatic rings. The minimum Gasteiger partial charge on any atom is -0.496 e. The van der Waals surface area contributed by atoms with Crippen LogP contribution in [0, 0.1) is 18.7 Å². The highest BCUT2D eigenvalue weighted by Crippen LogP contribution is 2.33. The Morgan fingerprint density at radius 2 is 1.78 bits per heavy atom. The number of amides is 1. The number of halogens is 4. The third-order valence-electron chi connectivity index (χ3n) is 5.37. The molecule has 0 atom stereocenters. The molecule has 0 bridgehead atoms. The Morgan fingerprint density at radius 1 is 1.12 bits per heavy atom. The topological polar surface area (TPSA) is 75.7 Å². The lowest BCUT2D eigenvalue weighted by molar-refractivity contribution is -0.140. The average molecular weight is 474 g/mol. The van der Waals surface area contributed by atoms with E-state index in [9.17, 15) is 30.8 Å². The maximum absolute atomic E-state index is 13.4. The van der Waals surface area contributed by atoms with Crippen molar-refractivity contribution in [2.45, 2.75) is 30.8 Å². The Balaban J connectivity index is 1.65. The van der Waals surface area contributed by atoms with Crippen LogP contribution in [0.4, 0.5) is 23.2 Å². The first kappa shape index (κ1) is 24.0. The molecule has 32 heavy (non-hydrogen) atoms. The summed E-state index contributed by atoms with van der Waals surface area (Å²) in [6, 6.07) is 6.77. The molecule has 1 heterocycles. The molecule has 0 radical (unpaired) electrons. The van der Waals surface area contributed by atoms with Gasteiger partial charge in [-0.1, -0.05) is 0 Å². The van der Waals surface area contributed by atoms with Crippen LogP contribution in [-0.2, 0) is 21.0 Å². The monoisotopic (exact) mass is 474 g/mol. The van der Waals surface area contributed by atoms with Crippen molar-refractivity contribution in [3.8, 4) is 5.75 Å². The molecule has 1 fully saturated rings. The first-order chi connectivity index (χ1) is 14.9. The second-order valence-electron chi connectivity index (χ2n) is 7.49. The number of hydrogen-bond donors (Lipinski definition) is 1. The fourth-order valence-electron chi connectivity index (χ4n) is 3.58. The zero-order chi connectivity index (χ0) is 23.7.